The number of hydrogen-bond acceptors (Lipinski definition) is 6. The van der Waals surface area contributed by atoms with Crippen molar-refractivity contribution in [3.05, 3.63) is 41.4 Å². The standard InChI is InChI=1S/C19H22N2O4S/c1-12(2)8-15(18(22)23)21-11-25-19(24)16(21)9-14-10-26-17(20-14)13-6-4-3-5-7-13/h3-7,10,12,15-16H,8-9,11H2,1-2H3,(H,22,23)/t15-,16?/m0/s1. The number of carbonyl (C=O) groups is 2. The molecule has 2 heterocycles. The molecule has 1 saturated heterocycles. The fraction of sp³-hybridized carbons (Fsp3) is 0.421. The number of esters is 1. The second-order valence-electron chi connectivity index (χ2n) is 6.82. The average molecular weight is 374 g/mol. The number of carbonyl (C=O) groups excluding carboxylic acids is 1. The Labute approximate surface area is 156 Å². The second-order valence-corrected chi connectivity index (χ2v) is 7.68. The molecule has 0 aliphatic carbocycles. The summed E-state index contributed by atoms with van der Waals surface area (Å²) in [6.45, 7) is 3.95. The SMILES string of the molecule is CC(C)C[C@@H](C(=O)O)N1COC(=O)C1Cc1csc(-c2ccccc2)n1. The largest absolute Gasteiger partial charge is 0.480 e. The number of nitrogens with zero attached hydrogens (tertiary/aromatic N) is 2. The summed E-state index contributed by atoms with van der Waals surface area (Å²) in [5.74, 6) is -1.10. The fourth-order valence-corrected chi connectivity index (χ4v) is 3.94. The van der Waals surface area contributed by atoms with E-state index in [0.717, 1.165) is 16.3 Å². The van der Waals surface area contributed by atoms with E-state index in [1.165, 1.54) is 11.3 Å². The van der Waals surface area contributed by atoms with E-state index in [1.807, 2.05) is 49.6 Å². The first kappa shape index (κ1) is 18.5. The minimum Gasteiger partial charge on any atom is -0.480 e. The molecule has 0 spiro atoms. The molecule has 1 aliphatic heterocycles. The van der Waals surface area contributed by atoms with Crippen LogP contribution in [0.15, 0.2) is 35.7 Å². The maximum Gasteiger partial charge on any atom is 0.325 e. The van der Waals surface area contributed by atoms with E-state index in [2.05, 4.69) is 4.98 Å². The lowest BCUT2D eigenvalue weighted by Gasteiger charge is -2.27. The number of carboxylic acids is 1. The van der Waals surface area contributed by atoms with Gasteiger partial charge in [0, 0.05) is 17.4 Å². The molecule has 0 saturated carbocycles. The normalized spacial score (nSPS) is 18.9. The molecule has 26 heavy (non-hydrogen) atoms. The van der Waals surface area contributed by atoms with Crippen LogP contribution in [-0.4, -0.2) is 45.7 Å². The highest BCUT2D eigenvalue weighted by atomic mass is 32.1. The van der Waals surface area contributed by atoms with E-state index in [9.17, 15) is 14.7 Å². The zero-order chi connectivity index (χ0) is 18.7. The summed E-state index contributed by atoms with van der Waals surface area (Å²) in [4.78, 5) is 30.2. The Morgan fingerprint density at radius 3 is 2.77 bits per heavy atom. The van der Waals surface area contributed by atoms with Gasteiger partial charge in [0.2, 0.25) is 0 Å². The minimum atomic E-state index is -0.926. The van der Waals surface area contributed by atoms with Gasteiger partial charge in [0.15, 0.2) is 0 Å². The molecule has 2 atom stereocenters. The van der Waals surface area contributed by atoms with Gasteiger partial charge in [0.05, 0.1) is 5.69 Å². The maximum atomic E-state index is 12.2. The van der Waals surface area contributed by atoms with Crippen LogP contribution in [0.3, 0.4) is 0 Å². The predicted molar refractivity (Wildman–Crippen MR) is 98.7 cm³/mol. The summed E-state index contributed by atoms with van der Waals surface area (Å²) < 4.78 is 5.15. The molecular weight excluding hydrogens is 352 g/mol. The van der Waals surface area contributed by atoms with Crippen molar-refractivity contribution in [2.75, 3.05) is 6.73 Å². The molecule has 1 fully saturated rings. The summed E-state index contributed by atoms with van der Waals surface area (Å²) in [6.07, 6.45) is 0.818. The lowest BCUT2D eigenvalue weighted by atomic mass is 10.0. The van der Waals surface area contributed by atoms with Crippen molar-refractivity contribution in [2.24, 2.45) is 5.92 Å². The molecule has 0 radical (unpaired) electrons. The first-order chi connectivity index (χ1) is 12.5. The first-order valence-electron chi connectivity index (χ1n) is 8.60. The lowest BCUT2D eigenvalue weighted by Crippen LogP contribution is -2.47. The molecule has 1 aromatic carbocycles. The van der Waals surface area contributed by atoms with E-state index < -0.39 is 18.1 Å². The number of aliphatic carboxylic acids is 1. The number of thiazole rings is 1. The van der Waals surface area contributed by atoms with Crippen molar-refractivity contribution in [1.82, 2.24) is 9.88 Å². The molecule has 1 N–H and O–H groups in total. The number of rotatable bonds is 7. The zero-order valence-corrected chi connectivity index (χ0v) is 15.6. The highest BCUT2D eigenvalue weighted by molar-refractivity contribution is 7.13. The fourth-order valence-electron chi connectivity index (χ4n) is 3.10. The Bertz CT molecular complexity index is 775. The van der Waals surface area contributed by atoms with Gasteiger partial charge in [-0.2, -0.15) is 0 Å². The van der Waals surface area contributed by atoms with Crippen LogP contribution in [0.4, 0.5) is 0 Å². The third kappa shape index (κ3) is 4.11. The van der Waals surface area contributed by atoms with Gasteiger partial charge in [-0.15, -0.1) is 11.3 Å². The molecule has 1 aromatic heterocycles. The Kier molecular flexibility index (Phi) is 5.68. The van der Waals surface area contributed by atoms with E-state index in [4.69, 9.17) is 4.74 Å². The topological polar surface area (TPSA) is 79.7 Å². The van der Waals surface area contributed by atoms with Crippen LogP contribution in [0.1, 0.15) is 26.0 Å². The number of hydrogen-bond donors (Lipinski definition) is 1. The molecule has 2 aromatic rings. The smallest absolute Gasteiger partial charge is 0.325 e. The second kappa shape index (κ2) is 7.97. The Morgan fingerprint density at radius 2 is 2.12 bits per heavy atom. The van der Waals surface area contributed by atoms with E-state index in [1.54, 1.807) is 4.90 Å². The zero-order valence-electron chi connectivity index (χ0n) is 14.8. The van der Waals surface area contributed by atoms with Gasteiger partial charge >= 0.3 is 11.9 Å². The van der Waals surface area contributed by atoms with Crippen LogP contribution in [0, 0.1) is 5.92 Å². The summed E-state index contributed by atoms with van der Waals surface area (Å²) in [5.41, 5.74) is 1.80. The molecule has 1 unspecified atom stereocenters. The first-order valence-corrected chi connectivity index (χ1v) is 9.48. The van der Waals surface area contributed by atoms with Gasteiger partial charge < -0.3 is 9.84 Å². The van der Waals surface area contributed by atoms with Crippen molar-refractivity contribution in [3.63, 3.8) is 0 Å². The number of carboxylic acid groups (broad SMARTS) is 1. The number of cyclic esters (lactones) is 1. The predicted octanol–water partition coefficient (Wildman–Crippen LogP) is 3.04. The summed E-state index contributed by atoms with van der Waals surface area (Å²) >= 11 is 1.52. The van der Waals surface area contributed by atoms with Crippen LogP contribution in [0.2, 0.25) is 0 Å². The number of aromatic nitrogens is 1. The molecular formula is C19H22N2O4S. The molecule has 6 nitrogen and oxygen atoms in total. The van der Waals surface area contributed by atoms with Gasteiger partial charge in [0.1, 0.15) is 23.8 Å². The Balaban J connectivity index is 1.77. The van der Waals surface area contributed by atoms with Crippen molar-refractivity contribution in [3.8, 4) is 10.6 Å². The lowest BCUT2D eigenvalue weighted by molar-refractivity contribution is -0.145. The molecule has 0 amide bonds. The summed E-state index contributed by atoms with van der Waals surface area (Å²) in [6, 6.07) is 8.49. The van der Waals surface area contributed by atoms with Gasteiger partial charge in [0.25, 0.3) is 0 Å². The quantitative estimate of drug-likeness (QED) is 0.751. The van der Waals surface area contributed by atoms with Gasteiger partial charge in [-0.05, 0) is 12.3 Å². The highest BCUT2D eigenvalue weighted by Crippen LogP contribution is 2.27. The molecule has 0 bridgehead atoms. The summed E-state index contributed by atoms with van der Waals surface area (Å²) in [7, 11) is 0. The molecule has 138 valence electrons. The Morgan fingerprint density at radius 1 is 1.38 bits per heavy atom. The van der Waals surface area contributed by atoms with Crippen LogP contribution >= 0.6 is 11.3 Å². The minimum absolute atomic E-state index is 0.0167. The molecule has 3 rings (SSSR count). The van der Waals surface area contributed by atoms with E-state index >= 15 is 0 Å². The van der Waals surface area contributed by atoms with Gasteiger partial charge in [-0.25, -0.2) is 9.88 Å². The third-order valence-corrected chi connectivity index (χ3v) is 5.32. The van der Waals surface area contributed by atoms with Crippen molar-refractivity contribution < 1.29 is 19.4 Å². The number of benzene rings is 1. The third-order valence-electron chi connectivity index (χ3n) is 4.38. The highest BCUT2D eigenvalue weighted by Gasteiger charge is 2.42. The average Bonchev–Trinajstić information content (AvgIpc) is 3.21. The van der Waals surface area contributed by atoms with Crippen LogP contribution in [0.25, 0.3) is 10.6 Å². The van der Waals surface area contributed by atoms with Crippen molar-refractivity contribution >= 4 is 23.3 Å². The van der Waals surface area contributed by atoms with Crippen molar-refractivity contribution in [2.45, 2.75) is 38.8 Å². The molecule has 1 aliphatic rings. The van der Waals surface area contributed by atoms with Gasteiger partial charge in [-0.1, -0.05) is 44.2 Å². The van der Waals surface area contributed by atoms with Crippen LogP contribution in [0.5, 0.6) is 0 Å². The van der Waals surface area contributed by atoms with Crippen molar-refractivity contribution in [1.29, 1.82) is 0 Å². The van der Waals surface area contributed by atoms with Crippen LogP contribution in [-0.2, 0) is 20.7 Å². The number of ether oxygens (including phenoxy) is 1. The van der Waals surface area contributed by atoms with Gasteiger partial charge in [-0.3, -0.25) is 9.59 Å². The summed E-state index contributed by atoms with van der Waals surface area (Å²) in [5, 5.41) is 12.4. The monoisotopic (exact) mass is 374 g/mol. The Hall–Kier alpha value is -2.25. The van der Waals surface area contributed by atoms with E-state index in [0.29, 0.717) is 12.8 Å². The molecule has 7 heteroatoms. The maximum absolute atomic E-state index is 12.2. The van der Waals surface area contributed by atoms with Crippen LogP contribution < -0.4 is 0 Å². The van der Waals surface area contributed by atoms with E-state index in [-0.39, 0.29) is 18.6 Å².